The van der Waals surface area contributed by atoms with Crippen molar-refractivity contribution in [2.45, 2.75) is 11.4 Å². The number of aromatic nitrogens is 1. The maximum atomic E-state index is 14.4. The molecule has 1 N–H and O–H groups in total. The van der Waals surface area contributed by atoms with E-state index in [0.717, 1.165) is 3.97 Å². The highest BCUT2D eigenvalue weighted by Gasteiger charge is 2.25. The van der Waals surface area contributed by atoms with Gasteiger partial charge in [-0.25, -0.2) is 16.8 Å². The number of ether oxygens (including phenoxy) is 2. The van der Waals surface area contributed by atoms with Gasteiger partial charge in [0.25, 0.3) is 10.0 Å². The van der Waals surface area contributed by atoms with Crippen LogP contribution in [0.4, 0.5) is 4.39 Å². The molecule has 0 saturated heterocycles. The molecule has 1 aromatic heterocycles. The van der Waals surface area contributed by atoms with Crippen LogP contribution in [0, 0.1) is 5.82 Å². The minimum atomic E-state index is -4.13. The third-order valence-electron chi connectivity index (χ3n) is 4.15. The second-order valence-electron chi connectivity index (χ2n) is 5.94. The number of halogens is 1. The molecule has 0 unspecified atom stereocenters. The Morgan fingerprint density at radius 3 is 2.74 bits per heavy atom. The predicted molar refractivity (Wildman–Crippen MR) is 97.7 cm³/mol. The average Bonchev–Trinajstić information content (AvgIpc) is 3.21. The van der Waals surface area contributed by atoms with Gasteiger partial charge in [0.05, 0.1) is 10.6 Å². The summed E-state index contributed by atoms with van der Waals surface area (Å²) in [6.07, 6.45) is 1.43. The van der Waals surface area contributed by atoms with E-state index in [2.05, 4.69) is 5.32 Å². The van der Waals surface area contributed by atoms with E-state index in [4.69, 9.17) is 12.2 Å². The molecular weight excluding hydrogens is 371 g/mol. The Labute approximate surface area is 159 Å². The van der Waals surface area contributed by atoms with E-state index < -0.39 is 22.6 Å². The molecule has 1 aliphatic rings. The fourth-order valence-electron chi connectivity index (χ4n) is 2.90. The van der Waals surface area contributed by atoms with Gasteiger partial charge in [0.15, 0.2) is 11.5 Å². The largest absolute Gasteiger partial charge is 0.454 e. The van der Waals surface area contributed by atoms with Gasteiger partial charge in [-0.1, -0.05) is 12.1 Å². The van der Waals surface area contributed by atoms with Crippen LogP contribution in [0.5, 0.6) is 11.5 Å². The molecule has 4 rings (SSSR count). The maximum absolute atomic E-state index is 14.4. The fraction of sp³-hybridized carbons (Fsp3) is 0.158. The zero-order chi connectivity index (χ0) is 20.8. The Balaban J connectivity index is 1.85. The lowest BCUT2D eigenvalue weighted by Gasteiger charge is -2.11. The predicted octanol–water partition coefficient (Wildman–Crippen LogP) is 2.98. The molecule has 8 heteroatoms. The zero-order valence-electron chi connectivity index (χ0n) is 16.3. The topological polar surface area (TPSA) is 69.6 Å². The molecule has 0 radical (unpaired) electrons. The Kier molecular flexibility index (Phi) is 3.79. The third kappa shape index (κ3) is 3.07. The van der Waals surface area contributed by atoms with Gasteiger partial charge < -0.3 is 14.8 Å². The quantitative estimate of drug-likeness (QED) is 0.725. The van der Waals surface area contributed by atoms with Crippen LogP contribution < -0.4 is 14.8 Å². The Bertz CT molecular complexity index is 1190. The molecule has 0 fully saturated rings. The lowest BCUT2D eigenvalue weighted by molar-refractivity contribution is 0.174. The lowest BCUT2D eigenvalue weighted by Crippen LogP contribution is -2.14. The summed E-state index contributed by atoms with van der Waals surface area (Å²) in [5, 5.41) is 2.94. The van der Waals surface area contributed by atoms with Crippen LogP contribution in [0.3, 0.4) is 0 Å². The molecule has 2 aromatic carbocycles. The number of hydrogen-bond acceptors (Lipinski definition) is 5. The van der Waals surface area contributed by atoms with E-state index in [9.17, 15) is 12.8 Å². The van der Waals surface area contributed by atoms with Crippen LogP contribution in [0.2, 0.25) is 0 Å². The molecule has 0 atom stereocenters. The van der Waals surface area contributed by atoms with Crippen molar-refractivity contribution in [3.8, 4) is 22.8 Å². The molecule has 27 heavy (non-hydrogen) atoms. The summed E-state index contributed by atoms with van der Waals surface area (Å²) in [6, 6.07) is 11.4. The van der Waals surface area contributed by atoms with Gasteiger partial charge in [0.2, 0.25) is 6.75 Å². The van der Waals surface area contributed by atoms with E-state index in [-0.39, 0.29) is 27.7 Å². The van der Waals surface area contributed by atoms with E-state index in [0.29, 0.717) is 12.1 Å². The van der Waals surface area contributed by atoms with Crippen molar-refractivity contribution in [3.63, 3.8) is 0 Å². The van der Waals surface area contributed by atoms with Gasteiger partial charge in [-0.15, -0.1) is 0 Å². The number of nitrogens with one attached hydrogen (secondary N) is 1. The van der Waals surface area contributed by atoms with Crippen molar-refractivity contribution >= 4 is 10.0 Å². The SMILES string of the molecule is [2H]C1([2H])Oc2ccc(S(=O)(=O)n3cc(CNC)cc3-c3ccccc3F)cc2O1. The Morgan fingerprint density at radius 1 is 1.19 bits per heavy atom. The highest BCUT2D eigenvalue weighted by molar-refractivity contribution is 7.90. The molecule has 0 spiro atoms. The number of rotatable bonds is 5. The first-order valence-corrected chi connectivity index (χ1v) is 9.54. The number of fused-ring (bicyclic) bond motifs is 1. The van der Waals surface area contributed by atoms with Crippen LogP contribution in [0.15, 0.2) is 59.6 Å². The summed E-state index contributed by atoms with van der Waals surface area (Å²) < 4.78 is 67.1. The fourth-order valence-corrected chi connectivity index (χ4v) is 4.31. The third-order valence-corrected chi connectivity index (χ3v) is 5.82. The first kappa shape index (κ1) is 15.2. The van der Waals surface area contributed by atoms with E-state index in [1.807, 2.05) is 0 Å². The highest BCUT2D eigenvalue weighted by Crippen LogP contribution is 2.36. The second kappa shape index (κ2) is 6.71. The number of benzene rings is 2. The lowest BCUT2D eigenvalue weighted by atomic mass is 10.1. The summed E-state index contributed by atoms with van der Waals surface area (Å²) in [5.74, 6) is -0.463. The molecule has 0 amide bonds. The summed E-state index contributed by atoms with van der Waals surface area (Å²) in [7, 11) is -2.40. The molecule has 2 heterocycles. The van der Waals surface area contributed by atoms with Crippen LogP contribution in [-0.2, 0) is 16.6 Å². The van der Waals surface area contributed by atoms with Crippen molar-refractivity contribution in [1.29, 1.82) is 0 Å². The van der Waals surface area contributed by atoms with Gasteiger partial charge >= 0.3 is 0 Å². The van der Waals surface area contributed by atoms with Crippen molar-refractivity contribution in [3.05, 3.63) is 66.1 Å². The van der Waals surface area contributed by atoms with Crippen LogP contribution in [0.1, 0.15) is 8.30 Å². The summed E-state index contributed by atoms with van der Waals surface area (Å²) in [6.45, 7) is -1.97. The van der Waals surface area contributed by atoms with Gasteiger partial charge in [-0.05, 0) is 42.9 Å². The maximum Gasteiger partial charge on any atom is 0.268 e. The minimum absolute atomic E-state index is 0.0221. The van der Waals surface area contributed by atoms with E-state index >= 15 is 0 Å². The smallest absolute Gasteiger partial charge is 0.268 e. The average molecular weight is 390 g/mol. The first-order valence-electron chi connectivity index (χ1n) is 9.10. The monoisotopic (exact) mass is 390 g/mol. The summed E-state index contributed by atoms with van der Waals surface area (Å²) in [4.78, 5) is -0.137. The number of hydrogen-bond donors (Lipinski definition) is 1. The molecule has 3 aromatic rings. The highest BCUT2D eigenvalue weighted by atomic mass is 32.2. The van der Waals surface area contributed by atoms with Crippen LogP contribution >= 0.6 is 0 Å². The summed E-state index contributed by atoms with van der Waals surface area (Å²) >= 11 is 0. The minimum Gasteiger partial charge on any atom is -0.454 e. The van der Waals surface area contributed by atoms with E-state index in [1.165, 1.54) is 42.6 Å². The first-order chi connectivity index (χ1) is 13.7. The van der Waals surface area contributed by atoms with Crippen molar-refractivity contribution in [2.75, 3.05) is 13.8 Å². The van der Waals surface area contributed by atoms with Gasteiger partial charge in [0, 0.05) is 24.4 Å². The van der Waals surface area contributed by atoms with E-state index in [1.54, 1.807) is 19.2 Å². The van der Waals surface area contributed by atoms with Gasteiger partial charge in [0.1, 0.15) is 8.56 Å². The molecular formula is C19H17FN2O4S. The zero-order valence-corrected chi connectivity index (χ0v) is 15.1. The van der Waals surface area contributed by atoms with Crippen LogP contribution in [-0.4, -0.2) is 26.2 Å². The molecule has 0 bridgehead atoms. The molecule has 140 valence electrons. The summed E-state index contributed by atoms with van der Waals surface area (Å²) in [5.41, 5.74) is 0.989. The van der Waals surface area contributed by atoms with Gasteiger partial charge in [-0.3, -0.25) is 0 Å². The molecule has 0 aliphatic carbocycles. The van der Waals surface area contributed by atoms with Crippen LogP contribution in [0.25, 0.3) is 11.3 Å². The Morgan fingerprint density at radius 2 is 1.96 bits per heavy atom. The second-order valence-corrected chi connectivity index (χ2v) is 7.76. The standard InChI is InChI=1S/C19H17FN2O4S/c1-21-10-13-8-17(15-4-2-3-5-16(15)20)22(11-13)27(23,24)14-6-7-18-19(9-14)26-12-25-18/h2-9,11,21H,10,12H2,1H3/i12D2. The Hall–Kier alpha value is -2.84. The molecule has 0 saturated carbocycles. The molecule has 6 nitrogen and oxygen atoms in total. The van der Waals surface area contributed by atoms with Crippen molar-refractivity contribution < 1.29 is 25.0 Å². The normalized spacial score (nSPS) is 16.1. The van der Waals surface area contributed by atoms with Crippen molar-refractivity contribution in [2.24, 2.45) is 0 Å². The van der Waals surface area contributed by atoms with Crippen molar-refractivity contribution in [1.82, 2.24) is 9.29 Å². The molecule has 1 aliphatic heterocycles. The number of nitrogens with zero attached hydrogens (tertiary/aromatic N) is 1. The van der Waals surface area contributed by atoms with Gasteiger partial charge in [-0.2, -0.15) is 0 Å².